The molecule has 0 radical (unpaired) electrons. The Morgan fingerprint density at radius 2 is 2.29 bits per heavy atom. The van der Waals surface area contributed by atoms with Gasteiger partial charge in [0, 0.05) is 11.8 Å². The van der Waals surface area contributed by atoms with Crippen molar-refractivity contribution in [2.75, 3.05) is 12.3 Å². The molecule has 1 heterocycles. The maximum absolute atomic E-state index is 12.6. The number of carbonyl (C=O) groups is 1. The van der Waals surface area contributed by atoms with E-state index < -0.39 is 18.1 Å². The number of nitrogen functional groups attached to an aromatic ring is 1. The van der Waals surface area contributed by atoms with Crippen LogP contribution in [0.5, 0.6) is 0 Å². The van der Waals surface area contributed by atoms with Gasteiger partial charge in [-0.15, -0.1) is 11.6 Å². The predicted octanol–water partition coefficient (Wildman–Crippen LogP) is 2.52. The molecular weight excluding hydrogens is 254 g/mol. The molecule has 0 aliphatic carbocycles. The number of esters is 1. The lowest BCUT2D eigenvalue weighted by Gasteiger charge is -2.12. The second-order valence-electron chi connectivity index (χ2n) is 3.10. The highest BCUT2D eigenvalue weighted by atomic mass is 35.5. The average molecular weight is 265 g/mol. The van der Waals surface area contributed by atoms with Crippen molar-refractivity contribution in [2.24, 2.45) is 0 Å². The van der Waals surface area contributed by atoms with E-state index in [0.717, 1.165) is 6.20 Å². The first-order chi connectivity index (χ1) is 8.02. The highest BCUT2D eigenvalue weighted by molar-refractivity contribution is 6.17. The molecule has 0 unspecified atom stereocenters. The van der Waals surface area contributed by atoms with Gasteiger partial charge in [-0.05, 0) is 6.92 Å². The summed E-state index contributed by atoms with van der Waals surface area (Å²) in [6, 6.07) is 0. The van der Waals surface area contributed by atoms with E-state index in [2.05, 4.69) is 4.98 Å². The van der Waals surface area contributed by atoms with Crippen LogP contribution in [-0.2, 0) is 10.6 Å². The predicted molar refractivity (Wildman–Crippen MR) is 59.1 cm³/mol. The van der Waals surface area contributed by atoms with Gasteiger partial charge >= 0.3 is 5.97 Å². The Balaban J connectivity index is 3.24. The third-order valence-electron chi connectivity index (χ3n) is 2.09. The van der Waals surface area contributed by atoms with E-state index in [-0.39, 0.29) is 29.3 Å². The van der Waals surface area contributed by atoms with Crippen LogP contribution in [0, 0.1) is 0 Å². The minimum absolute atomic E-state index is 0.0350. The molecule has 0 aliphatic rings. The minimum Gasteiger partial charge on any atom is -0.462 e. The van der Waals surface area contributed by atoms with Crippen molar-refractivity contribution < 1.29 is 18.3 Å². The summed E-state index contributed by atoms with van der Waals surface area (Å²) in [5, 5.41) is 0. The fraction of sp³-hybridized carbons (Fsp3) is 0.400. The molecule has 4 nitrogen and oxygen atoms in total. The van der Waals surface area contributed by atoms with Gasteiger partial charge in [0.25, 0.3) is 6.43 Å². The van der Waals surface area contributed by atoms with Gasteiger partial charge in [0.2, 0.25) is 0 Å². The maximum atomic E-state index is 12.6. The molecule has 0 amide bonds. The summed E-state index contributed by atoms with van der Waals surface area (Å²) < 4.78 is 29.9. The molecule has 2 N–H and O–H groups in total. The molecule has 0 aliphatic heterocycles. The average Bonchev–Trinajstić information content (AvgIpc) is 2.28. The molecule has 94 valence electrons. The number of nitrogens with zero attached hydrogens (tertiary/aromatic N) is 1. The molecule has 0 fully saturated rings. The van der Waals surface area contributed by atoms with E-state index in [1.165, 1.54) is 0 Å². The number of aromatic nitrogens is 1. The molecule has 17 heavy (non-hydrogen) atoms. The monoisotopic (exact) mass is 264 g/mol. The van der Waals surface area contributed by atoms with Crippen LogP contribution in [0.3, 0.4) is 0 Å². The van der Waals surface area contributed by atoms with E-state index in [4.69, 9.17) is 22.1 Å². The smallest absolute Gasteiger partial charge is 0.341 e. The molecule has 0 atom stereocenters. The third kappa shape index (κ3) is 2.82. The number of rotatable bonds is 4. The number of carbonyl (C=O) groups excluding carboxylic acids is 1. The van der Waals surface area contributed by atoms with Crippen LogP contribution in [0.15, 0.2) is 6.20 Å². The van der Waals surface area contributed by atoms with Crippen molar-refractivity contribution in [3.63, 3.8) is 0 Å². The molecule has 0 bridgehead atoms. The van der Waals surface area contributed by atoms with E-state index in [1.807, 2.05) is 0 Å². The van der Waals surface area contributed by atoms with Crippen molar-refractivity contribution in [1.29, 1.82) is 0 Å². The van der Waals surface area contributed by atoms with Crippen LogP contribution >= 0.6 is 11.6 Å². The summed E-state index contributed by atoms with van der Waals surface area (Å²) in [5.74, 6) is -0.948. The Morgan fingerprint density at radius 3 is 2.76 bits per heavy atom. The van der Waals surface area contributed by atoms with Crippen molar-refractivity contribution in [2.45, 2.75) is 19.2 Å². The van der Waals surface area contributed by atoms with Crippen LogP contribution in [0.2, 0.25) is 0 Å². The molecule has 7 heteroatoms. The quantitative estimate of drug-likeness (QED) is 0.670. The molecule has 1 rings (SSSR count). The van der Waals surface area contributed by atoms with Gasteiger partial charge < -0.3 is 10.5 Å². The maximum Gasteiger partial charge on any atom is 0.341 e. The largest absolute Gasteiger partial charge is 0.462 e. The SMILES string of the molecule is CCOC(=O)c1cnc(C(F)F)c(CCl)c1N. The zero-order chi connectivity index (χ0) is 13.0. The van der Waals surface area contributed by atoms with Gasteiger partial charge in [-0.2, -0.15) is 0 Å². The van der Waals surface area contributed by atoms with Gasteiger partial charge in [0.1, 0.15) is 11.3 Å². The van der Waals surface area contributed by atoms with Crippen LogP contribution < -0.4 is 5.73 Å². The minimum atomic E-state index is -2.79. The van der Waals surface area contributed by atoms with Gasteiger partial charge in [0.15, 0.2) is 0 Å². The van der Waals surface area contributed by atoms with E-state index in [0.29, 0.717) is 0 Å². The molecular formula is C10H11ClF2N2O2. The molecule has 0 spiro atoms. The van der Waals surface area contributed by atoms with E-state index in [1.54, 1.807) is 6.92 Å². The standard InChI is InChI=1S/C10H11ClF2N2O2/c1-2-17-10(16)6-4-15-8(9(12)13)5(3-11)7(6)14/h4,9H,2-3H2,1H3,(H2,14,15). The zero-order valence-electron chi connectivity index (χ0n) is 9.04. The number of anilines is 1. The van der Waals surface area contributed by atoms with E-state index >= 15 is 0 Å². The Morgan fingerprint density at radius 1 is 1.65 bits per heavy atom. The molecule has 0 saturated heterocycles. The number of hydrogen-bond acceptors (Lipinski definition) is 4. The number of hydrogen-bond donors (Lipinski definition) is 1. The molecule has 1 aromatic heterocycles. The lowest BCUT2D eigenvalue weighted by Crippen LogP contribution is -2.12. The summed E-state index contributed by atoms with van der Waals surface area (Å²) in [5.41, 5.74) is 4.90. The summed E-state index contributed by atoms with van der Waals surface area (Å²) >= 11 is 5.53. The van der Waals surface area contributed by atoms with Crippen LogP contribution in [0.25, 0.3) is 0 Å². The third-order valence-corrected chi connectivity index (χ3v) is 2.36. The van der Waals surface area contributed by atoms with E-state index in [9.17, 15) is 13.6 Å². The Labute approximate surface area is 102 Å². The van der Waals surface area contributed by atoms with Crippen LogP contribution in [-0.4, -0.2) is 17.6 Å². The van der Waals surface area contributed by atoms with Gasteiger partial charge in [0.05, 0.1) is 18.2 Å². The summed E-state index contributed by atoms with van der Waals surface area (Å²) in [7, 11) is 0. The number of alkyl halides is 3. The van der Waals surface area contributed by atoms with Crippen molar-refractivity contribution >= 4 is 23.3 Å². The second kappa shape index (κ2) is 5.77. The molecule has 0 saturated carbocycles. The molecule has 0 aromatic carbocycles. The highest BCUT2D eigenvalue weighted by Gasteiger charge is 2.22. The van der Waals surface area contributed by atoms with Crippen molar-refractivity contribution in [3.05, 3.63) is 23.0 Å². The zero-order valence-corrected chi connectivity index (χ0v) is 9.80. The number of pyridine rings is 1. The summed E-state index contributed by atoms with van der Waals surface area (Å²) in [6.45, 7) is 1.78. The number of halogens is 3. The second-order valence-corrected chi connectivity index (χ2v) is 3.37. The molecule has 1 aromatic rings. The highest BCUT2D eigenvalue weighted by Crippen LogP contribution is 2.28. The topological polar surface area (TPSA) is 65.2 Å². The first-order valence-corrected chi connectivity index (χ1v) is 5.34. The Kier molecular flexibility index (Phi) is 4.62. The number of ether oxygens (including phenoxy) is 1. The lowest BCUT2D eigenvalue weighted by molar-refractivity contribution is 0.0526. The van der Waals surface area contributed by atoms with Gasteiger partial charge in [-0.25, -0.2) is 13.6 Å². The van der Waals surface area contributed by atoms with Crippen LogP contribution in [0.1, 0.15) is 35.0 Å². The fourth-order valence-electron chi connectivity index (χ4n) is 1.28. The lowest BCUT2D eigenvalue weighted by atomic mass is 10.1. The first kappa shape index (κ1) is 13.6. The summed E-state index contributed by atoms with van der Waals surface area (Å²) in [6.07, 6.45) is -1.81. The van der Waals surface area contributed by atoms with Gasteiger partial charge in [-0.3, -0.25) is 4.98 Å². The first-order valence-electron chi connectivity index (χ1n) is 4.81. The Bertz CT molecular complexity index is 427. The Hall–Kier alpha value is -1.43. The fourth-order valence-corrected chi connectivity index (χ4v) is 1.56. The van der Waals surface area contributed by atoms with Crippen LogP contribution in [0.4, 0.5) is 14.5 Å². The van der Waals surface area contributed by atoms with Crippen molar-refractivity contribution in [1.82, 2.24) is 4.98 Å². The van der Waals surface area contributed by atoms with Gasteiger partial charge in [-0.1, -0.05) is 0 Å². The summed E-state index contributed by atoms with van der Waals surface area (Å²) in [4.78, 5) is 14.9. The normalized spacial score (nSPS) is 10.6. The number of nitrogens with two attached hydrogens (primary N) is 1. The van der Waals surface area contributed by atoms with Crippen molar-refractivity contribution in [3.8, 4) is 0 Å².